The largest absolute Gasteiger partial charge is 0.434 e. The van der Waals surface area contributed by atoms with Gasteiger partial charge in [0.25, 0.3) is 5.91 Å². The van der Waals surface area contributed by atoms with E-state index in [0.29, 0.717) is 17.5 Å². The second-order valence-electron chi connectivity index (χ2n) is 5.68. The Morgan fingerprint density at radius 3 is 2.96 bits per heavy atom. The molecule has 1 aromatic carbocycles. The van der Waals surface area contributed by atoms with Gasteiger partial charge in [-0.3, -0.25) is 9.48 Å². The van der Waals surface area contributed by atoms with Crippen molar-refractivity contribution in [1.82, 2.24) is 15.1 Å². The van der Waals surface area contributed by atoms with Crippen LogP contribution in [0.2, 0.25) is 0 Å². The lowest BCUT2D eigenvalue weighted by atomic mass is 10.0. The van der Waals surface area contributed by atoms with Crippen LogP contribution in [0, 0.1) is 0 Å². The molecule has 0 fully saturated rings. The second kappa shape index (κ2) is 6.98. The van der Waals surface area contributed by atoms with E-state index in [1.807, 2.05) is 11.6 Å². The summed E-state index contributed by atoms with van der Waals surface area (Å²) in [5, 5.41) is 7.12. The number of hydrogen-bond donors (Lipinski definition) is 1. The summed E-state index contributed by atoms with van der Waals surface area (Å²) < 4.78 is 31.6. The van der Waals surface area contributed by atoms with Gasteiger partial charge in [0.15, 0.2) is 0 Å². The lowest BCUT2D eigenvalue weighted by molar-refractivity contribution is -0.0506. The lowest BCUT2D eigenvalue weighted by Crippen LogP contribution is -2.29. The monoisotopic (exact) mass is 335 g/mol. The van der Waals surface area contributed by atoms with Crippen LogP contribution in [0.4, 0.5) is 8.78 Å². The van der Waals surface area contributed by atoms with E-state index in [-0.39, 0.29) is 11.7 Å². The van der Waals surface area contributed by atoms with E-state index in [0.717, 1.165) is 25.1 Å². The Balaban J connectivity index is 1.81. The molecule has 1 unspecified atom stereocenters. The van der Waals surface area contributed by atoms with Crippen LogP contribution in [0.15, 0.2) is 30.5 Å². The van der Waals surface area contributed by atoms with Crippen LogP contribution >= 0.6 is 0 Å². The first-order valence-electron chi connectivity index (χ1n) is 7.99. The molecule has 5 nitrogen and oxygen atoms in total. The summed E-state index contributed by atoms with van der Waals surface area (Å²) in [4.78, 5) is 12.6. The van der Waals surface area contributed by atoms with Gasteiger partial charge in [0.05, 0.1) is 23.5 Å². The highest BCUT2D eigenvalue weighted by molar-refractivity contribution is 5.95. The van der Waals surface area contributed by atoms with Crippen molar-refractivity contribution in [1.29, 1.82) is 0 Å². The molecule has 1 atom stereocenters. The van der Waals surface area contributed by atoms with E-state index < -0.39 is 12.7 Å². The van der Waals surface area contributed by atoms with Crippen LogP contribution in [-0.4, -0.2) is 22.3 Å². The highest BCUT2D eigenvalue weighted by Gasteiger charge is 2.24. The maximum absolute atomic E-state index is 12.6. The molecule has 7 heteroatoms. The maximum atomic E-state index is 12.6. The molecular weight excluding hydrogens is 316 g/mol. The van der Waals surface area contributed by atoms with E-state index >= 15 is 0 Å². The van der Waals surface area contributed by atoms with E-state index in [1.54, 1.807) is 24.4 Å². The van der Waals surface area contributed by atoms with Crippen molar-refractivity contribution in [2.45, 2.75) is 45.4 Å². The highest BCUT2D eigenvalue weighted by atomic mass is 19.3. The minimum absolute atomic E-state index is 0.0832. The number of hydrogen-bond acceptors (Lipinski definition) is 3. The third kappa shape index (κ3) is 3.25. The number of nitrogens with one attached hydrogen (secondary N) is 1. The number of carbonyl (C=O) groups is 1. The molecule has 0 saturated carbocycles. The smallest absolute Gasteiger partial charge is 0.387 e. The van der Waals surface area contributed by atoms with Gasteiger partial charge in [0, 0.05) is 12.1 Å². The Morgan fingerprint density at radius 1 is 1.42 bits per heavy atom. The molecule has 3 rings (SSSR count). The number of ether oxygens (including phenoxy) is 1. The van der Waals surface area contributed by atoms with Crippen molar-refractivity contribution in [3.63, 3.8) is 0 Å². The number of alkyl halides is 2. The predicted molar refractivity (Wildman–Crippen MR) is 84.1 cm³/mol. The van der Waals surface area contributed by atoms with Crippen molar-refractivity contribution in [3.8, 4) is 5.75 Å². The third-order valence-corrected chi connectivity index (χ3v) is 4.20. The molecule has 0 spiro atoms. The average molecular weight is 335 g/mol. The van der Waals surface area contributed by atoms with E-state index in [1.165, 1.54) is 6.07 Å². The molecule has 1 aliphatic heterocycles. The molecule has 1 aromatic heterocycles. The molecule has 128 valence electrons. The van der Waals surface area contributed by atoms with E-state index in [4.69, 9.17) is 0 Å². The number of benzene rings is 1. The van der Waals surface area contributed by atoms with Crippen LogP contribution in [0.5, 0.6) is 5.75 Å². The second-order valence-corrected chi connectivity index (χ2v) is 5.68. The number of nitrogens with zero attached hydrogens (tertiary/aromatic N) is 2. The lowest BCUT2D eigenvalue weighted by Gasteiger charge is -2.20. The summed E-state index contributed by atoms with van der Waals surface area (Å²) in [5.41, 5.74) is 2.02. The summed E-state index contributed by atoms with van der Waals surface area (Å²) in [5.74, 6) is -0.156. The number of amides is 1. The quantitative estimate of drug-likeness (QED) is 0.881. The van der Waals surface area contributed by atoms with Crippen LogP contribution in [0.3, 0.4) is 0 Å². The summed E-state index contributed by atoms with van der Waals surface area (Å²) >= 11 is 0. The molecule has 24 heavy (non-hydrogen) atoms. The van der Waals surface area contributed by atoms with Gasteiger partial charge in [-0.2, -0.15) is 13.9 Å². The van der Waals surface area contributed by atoms with Gasteiger partial charge in [-0.1, -0.05) is 25.1 Å². The predicted octanol–water partition coefficient (Wildman–Crippen LogP) is 3.31. The summed E-state index contributed by atoms with van der Waals surface area (Å²) in [6.07, 6.45) is 3.92. The average Bonchev–Trinajstić information content (AvgIpc) is 3.15. The fourth-order valence-electron chi connectivity index (χ4n) is 3.06. The SMILES string of the molecule is CCC(NC(=O)c1cnn2c1CCC2)c1ccccc1OC(F)F. The van der Waals surface area contributed by atoms with Gasteiger partial charge in [-0.25, -0.2) is 0 Å². The topological polar surface area (TPSA) is 56.2 Å². The summed E-state index contributed by atoms with van der Waals surface area (Å²) in [6.45, 7) is -0.199. The molecule has 2 heterocycles. The molecule has 1 amide bonds. The number of aryl methyl sites for hydroxylation is 1. The molecule has 0 aliphatic carbocycles. The van der Waals surface area contributed by atoms with Gasteiger partial charge in [-0.05, 0) is 25.3 Å². The molecule has 1 N–H and O–H groups in total. The Bertz CT molecular complexity index is 730. The van der Waals surface area contributed by atoms with Crippen molar-refractivity contribution in [3.05, 3.63) is 47.3 Å². The van der Waals surface area contributed by atoms with Crippen LogP contribution in [0.25, 0.3) is 0 Å². The molecule has 0 saturated heterocycles. The van der Waals surface area contributed by atoms with Crippen molar-refractivity contribution >= 4 is 5.91 Å². The zero-order valence-electron chi connectivity index (χ0n) is 13.3. The van der Waals surface area contributed by atoms with Crippen molar-refractivity contribution in [2.24, 2.45) is 0 Å². The van der Waals surface area contributed by atoms with Gasteiger partial charge < -0.3 is 10.1 Å². The highest BCUT2D eigenvalue weighted by Crippen LogP contribution is 2.29. The standard InChI is InChI=1S/C17H19F2N3O2/c1-2-13(11-6-3-4-8-15(11)24-17(18)19)21-16(23)12-10-20-22-9-5-7-14(12)22/h3-4,6,8,10,13,17H,2,5,7,9H2,1H3,(H,21,23). The van der Waals surface area contributed by atoms with E-state index in [9.17, 15) is 13.6 Å². The van der Waals surface area contributed by atoms with Gasteiger partial charge in [0.2, 0.25) is 0 Å². The summed E-state index contributed by atoms with van der Waals surface area (Å²) in [7, 11) is 0. The van der Waals surface area contributed by atoms with Crippen LogP contribution in [0.1, 0.15) is 47.4 Å². The van der Waals surface area contributed by atoms with E-state index in [2.05, 4.69) is 15.2 Å². The number of aromatic nitrogens is 2. The molecule has 2 aromatic rings. The molecule has 0 bridgehead atoms. The molecule has 1 aliphatic rings. The number of rotatable bonds is 6. The van der Waals surface area contributed by atoms with Crippen molar-refractivity contribution < 1.29 is 18.3 Å². The Kier molecular flexibility index (Phi) is 4.78. The van der Waals surface area contributed by atoms with Gasteiger partial charge in [0.1, 0.15) is 5.75 Å². The zero-order chi connectivity index (χ0) is 17.1. The Morgan fingerprint density at radius 2 is 2.21 bits per heavy atom. The van der Waals surface area contributed by atoms with Gasteiger partial charge >= 0.3 is 6.61 Å². The van der Waals surface area contributed by atoms with Crippen molar-refractivity contribution in [2.75, 3.05) is 0 Å². The normalized spacial score (nSPS) is 14.5. The third-order valence-electron chi connectivity index (χ3n) is 4.20. The number of fused-ring (bicyclic) bond motifs is 1. The summed E-state index contributed by atoms with van der Waals surface area (Å²) in [6, 6.07) is 6.12. The fourth-order valence-corrected chi connectivity index (χ4v) is 3.06. The Hall–Kier alpha value is -2.44. The number of para-hydroxylation sites is 1. The number of halogens is 2. The molecule has 0 radical (unpaired) electrons. The van der Waals surface area contributed by atoms with Crippen LogP contribution in [-0.2, 0) is 13.0 Å². The minimum atomic E-state index is -2.90. The first-order chi connectivity index (χ1) is 11.6. The minimum Gasteiger partial charge on any atom is -0.434 e. The fraction of sp³-hybridized carbons (Fsp3) is 0.412. The molecular formula is C17H19F2N3O2. The maximum Gasteiger partial charge on any atom is 0.387 e. The van der Waals surface area contributed by atoms with Crippen LogP contribution < -0.4 is 10.1 Å². The Labute approximate surface area is 138 Å². The number of carbonyl (C=O) groups excluding carboxylic acids is 1. The van der Waals surface area contributed by atoms with Gasteiger partial charge in [-0.15, -0.1) is 0 Å². The first kappa shape index (κ1) is 16.4. The zero-order valence-corrected chi connectivity index (χ0v) is 13.3. The first-order valence-corrected chi connectivity index (χ1v) is 7.99.